The van der Waals surface area contributed by atoms with Crippen molar-refractivity contribution >= 4 is 11.5 Å². The zero-order chi connectivity index (χ0) is 10.7. The van der Waals surface area contributed by atoms with E-state index in [2.05, 4.69) is 0 Å². The molecule has 4 nitrogen and oxygen atoms in total. The van der Waals surface area contributed by atoms with Crippen molar-refractivity contribution in [2.75, 3.05) is 12.8 Å². The van der Waals surface area contributed by atoms with E-state index in [9.17, 15) is 0 Å². The molecule has 0 aromatic heterocycles. The van der Waals surface area contributed by atoms with E-state index in [1.54, 1.807) is 13.1 Å². The first-order valence-corrected chi connectivity index (χ1v) is 4.52. The van der Waals surface area contributed by atoms with Crippen molar-refractivity contribution < 1.29 is 0 Å². The maximum absolute atomic E-state index is 7.69. The molecule has 1 aromatic rings. The number of nitrogens with two attached hydrogens (primary N) is 2. The highest BCUT2D eigenvalue weighted by Gasteiger charge is 2.05. The van der Waals surface area contributed by atoms with E-state index in [0.29, 0.717) is 5.84 Å². The molecule has 0 saturated carbocycles. The van der Waals surface area contributed by atoms with Gasteiger partial charge in [0.25, 0.3) is 0 Å². The van der Waals surface area contributed by atoms with Crippen molar-refractivity contribution in [3.8, 4) is 0 Å². The van der Waals surface area contributed by atoms with E-state index in [0.717, 1.165) is 23.2 Å². The fourth-order valence-corrected chi connectivity index (χ4v) is 1.26. The summed E-state index contributed by atoms with van der Waals surface area (Å²) in [5.74, 6) is 5.77. The van der Waals surface area contributed by atoms with Gasteiger partial charge in [-0.3, -0.25) is 10.4 Å². The second-order valence-electron chi connectivity index (χ2n) is 3.23. The van der Waals surface area contributed by atoms with Crippen molar-refractivity contribution in [3.63, 3.8) is 0 Å². The van der Waals surface area contributed by atoms with Gasteiger partial charge in [0.1, 0.15) is 5.84 Å². The number of aryl methyl sites for hydroxylation is 1. The van der Waals surface area contributed by atoms with E-state index in [4.69, 9.17) is 17.0 Å². The number of benzene rings is 1. The average molecular weight is 192 g/mol. The maximum atomic E-state index is 7.69. The summed E-state index contributed by atoms with van der Waals surface area (Å²) in [6.07, 6.45) is 0.862. The van der Waals surface area contributed by atoms with Crippen LogP contribution in [0.5, 0.6) is 0 Å². The van der Waals surface area contributed by atoms with Crippen LogP contribution in [0.4, 0.5) is 5.69 Å². The Hall–Kier alpha value is -1.55. The van der Waals surface area contributed by atoms with Crippen molar-refractivity contribution in [3.05, 3.63) is 29.3 Å². The molecule has 14 heavy (non-hydrogen) atoms. The van der Waals surface area contributed by atoms with E-state index in [1.165, 1.54) is 5.01 Å². The van der Waals surface area contributed by atoms with Crippen LogP contribution in [0.1, 0.15) is 18.1 Å². The Bertz CT molecular complexity index is 344. The summed E-state index contributed by atoms with van der Waals surface area (Å²) in [7, 11) is 1.64. The molecule has 0 aliphatic rings. The predicted octanol–water partition coefficient (Wildman–Crippen LogP) is 0.962. The van der Waals surface area contributed by atoms with Crippen LogP contribution in [0.25, 0.3) is 0 Å². The summed E-state index contributed by atoms with van der Waals surface area (Å²) < 4.78 is 0. The van der Waals surface area contributed by atoms with E-state index < -0.39 is 0 Å². The smallest absolute Gasteiger partial charge is 0.142 e. The van der Waals surface area contributed by atoms with E-state index >= 15 is 0 Å². The second-order valence-corrected chi connectivity index (χ2v) is 3.23. The Labute approximate surface area is 84.0 Å². The van der Waals surface area contributed by atoms with Crippen molar-refractivity contribution in [2.24, 2.45) is 5.84 Å². The number of hydrazine groups is 1. The highest BCUT2D eigenvalue weighted by molar-refractivity contribution is 5.96. The molecule has 0 aliphatic heterocycles. The maximum Gasteiger partial charge on any atom is 0.142 e. The molecular weight excluding hydrogens is 176 g/mol. The van der Waals surface area contributed by atoms with Crippen molar-refractivity contribution in [1.82, 2.24) is 5.01 Å². The third-order valence-electron chi connectivity index (χ3n) is 2.15. The second kappa shape index (κ2) is 4.11. The third kappa shape index (κ3) is 2.03. The molecule has 0 unspecified atom stereocenters. The molecule has 4 heteroatoms. The van der Waals surface area contributed by atoms with Gasteiger partial charge in [-0.15, -0.1) is 0 Å². The first kappa shape index (κ1) is 10.5. The Kier molecular flexibility index (Phi) is 3.09. The zero-order valence-corrected chi connectivity index (χ0v) is 8.54. The lowest BCUT2D eigenvalue weighted by atomic mass is 10.1. The molecule has 0 radical (unpaired) electrons. The highest BCUT2D eigenvalue weighted by Crippen LogP contribution is 2.15. The molecule has 0 bridgehead atoms. The van der Waals surface area contributed by atoms with Crippen LogP contribution < -0.4 is 11.6 Å². The monoisotopic (exact) mass is 192 g/mol. The van der Waals surface area contributed by atoms with Gasteiger partial charge in [0, 0.05) is 18.3 Å². The SMILES string of the molecule is CCc1cc(C(=N)N(C)N)ccc1N. The first-order valence-electron chi connectivity index (χ1n) is 4.52. The van der Waals surface area contributed by atoms with E-state index in [-0.39, 0.29) is 0 Å². The molecule has 1 aromatic carbocycles. The molecule has 0 fully saturated rings. The molecule has 0 aliphatic carbocycles. The fourth-order valence-electron chi connectivity index (χ4n) is 1.26. The van der Waals surface area contributed by atoms with Crippen LogP contribution in [0.3, 0.4) is 0 Å². The number of amidine groups is 1. The van der Waals surface area contributed by atoms with Crippen LogP contribution in [0.15, 0.2) is 18.2 Å². The summed E-state index contributed by atoms with van der Waals surface area (Å²) in [6, 6.07) is 5.52. The van der Waals surface area contributed by atoms with Crippen LogP contribution in [0, 0.1) is 5.41 Å². The summed E-state index contributed by atoms with van der Waals surface area (Å²) in [4.78, 5) is 0. The van der Waals surface area contributed by atoms with E-state index in [1.807, 2.05) is 19.1 Å². The topological polar surface area (TPSA) is 79.1 Å². The number of rotatable bonds is 2. The standard InChI is InChI=1S/C10H16N4/c1-3-7-6-8(4-5-9(7)11)10(12)14(2)13/h4-6,12H,3,11,13H2,1-2H3. The number of hydrogen-bond acceptors (Lipinski definition) is 3. The first-order chi connectivity index (χ1) is 6.56. The number of nitrogen functional groups attached to an aromatic ring is 1. The predicted molar refractivity (Wildman–Crippen MR) is 59.0 cm³/mol. The minimum absolute atomic E-state index is 0.291. The Morgan fingerprint density at radius 2 is 2.14 bits per heavy atom. The zero-order valence-electron chi connectivity index (χ0n) is 8.54. The quantitative estimate of drug-likeness (QED) is 0.215. The molecular formula is C10H16N4. The van der Waals surface area contributed by atoms with Crippen LogP contribution in [-0.2, 0) is 6.42 Å². The minimum atomic E-state index is 0.291. The lowest BCUT2D eigenvalue weighted by molar-refractivity contribution is 0.536. The Morgan fingerprint density at radius 3 is 2.64 bits per heavy atom. The number of nitrogens with one attached hydrogen (secondary N) is 1. The van der Waals surface area contributed by atoms with Gasteiger partial charge in [0.15, 0.2) is 0 Å². The largest absolute Gasteiger partial charge is 0.399 e. The number of hydrogen-bond donors (Lipinski definition) is 3. The Balaban J connectivity index is 3.06. The van der Waals surface area contributed by atoms with Gasteiger partial charge in [-0.2, -0.15) is 0 Å². The number of anilines is 1. The summed E-state index contributed by atoms with van der Waals surface area (Å²) in [6.45, 7) is 2.03. The van der Waals surface area contributed by atoms with Crippen LogP contribution >= 0.6 is 0 Å². The van der Waals surface area contributed by atoms with Crippen LogP contribution in [-0.4, -0.2) is 17.9 Å². The van der Waals surface area contributed by atoms with Crippen molar-refractivity contribution in [2.45, 2.75) is 13.3 Å². The normalized spacial score (nSPS) is 9.93. The van der Waals surface area contributed by atoms with Crippen molar-refractivity contribution in [1.29, 1.82) is 5.41 Å². The number of nitrogens with zero attached hydrogens (tertiary/aromatic N) is 1. The fraction of sp³-hybridized carbons (Fsp3) is 0.300. The summed E-state index contributed by atoms with van der Waals surface area (Å²) in [5, 5.41) is 8.97. The molecule has 1 rings (SSSR count). The van der Waals surface area contributed by atoms with Gasteiger partial charge >= 0.3 is 0 Å². The van der Waals surface area contributed by atoms with Gasteiger partial charge in [-0.25, -0.2) is 5.84 Å². The lowest BCUT2D eigenvalue weighted by Gasteiger charge is -2.14. The molecule has 0 spiro atoms. The van der Waals surface area contributed by atoms with Gasteiger partial charge in [0.05, 0.1) is 0 Å². The molecule has 5 N–H and O–H groups in total. The summed E-state index contributed by atoms with van der Waals surface area (Å²) in [5.41, 5.74) is 8.37. The molecule has 0 atom stereocenters. The third-order valence-corrected chi connectivity index (χ3v) is 2.15. The Morgan fingerprint density at radius 1 is 1.50 bits per heavy atom. The van der Waals surface area contributed by atoms with Crippen LogP contribution in [0.2, 0.25) is 0 Å². The molecule has 0 amide bonds. The average Bonchev–Trinajstić information content (AvgIpc) is 2.17. The molecule has 0 heterocycles. The molecule has 0 saturated heterocycles. The lowest BCUT2D eigenvalue weighted by Crippen LogP contribution is -2.33. The van der Waals surface area contributed by atoms with Gasteiger partial charge in [0.2, 0.25) is 0 Å². The summed E-state index contributed by atoms with van der Waals surface area (Å²) >= 11 is 0. The van der Waals surface area contributed by atoms with Gasteiger partial charge in [-0.1, -0.05) is 6.92 Å². The highest BCUT2D eigenvalue weighted by atomic mass is 15.4. The van der Waals surface area contributed by atoms with Gasteiger partial charge in [-0.05, 0) is 30.2 Å². The molecule has 76 valence electrons. The van der Waals surface area contributed by atoms with Gasteiger partial charge < -0.3 is 5.73 Å². The minimum Gasteiger partial charge on any atom is -0.399 e.